The standard InChI is InChI=1S/C10H16N2/c1-2-8-3-4-9(6-11)10(5-8)7-12/h3-5H,2,6-7,11-12H2,1H3. The highest BCUT2D eigenvalue weighted by atomic mass is 14.6. The monoisotopic (exact) mass is 164 g/mol. The molecular weight excluding hydrogens is 148 g/mol. The van der Waals surface area contributed by atoms with Crippen molar-refractivity contribution in [2.45, 2.75) is 26.4 Å². The summed E-state index contributed by atoms with van der Waals surface area (Å²) in [5.74, 6) is 0. The Labute approximate surface area is 73.6 Å². The summed E-state index contributed by atoms with van der Waals surface area (Å²) < 4.78 is 0. The summed E-state index contributed by atoms with van der Waals surface area (Å²) >= 11 is 0. The number of benzene rings is 1. The molecule has 4 N–H and O–H groups in total. The van der Waals surface area contributed by atoms with Gasteiger partial charge in [0.2, 0.25) is 0 Å². The maximum atomic E-state index is 5.59. The van der Waals surface area contributed by atoms with E-state index in [1.54, 1.807) is 0 Å². The van der Waals surface area contributed by atoms with Gasteiger partial charge in [-0.2, -0.15) is 0 Å². The van der Waals surface area contributed by atoms with Crippen molar-refractivity contribution >= 4 is 0 Å². The Hall–Kier alpha value is -0.860. The van der Waals surface area contributed by atoms with E-state index < -0.39 is 0 Å². The molecule has 1 aromatic carbocycles. The fourth-order valence-electron chi connectivity index (χ4n) is 1.29. The topological polar surface area (TPSA) is 52.0 Å². The molecule has 0 aromatic heterocycles. The lowest BCUT2D eigenvalue weighted by Crippen LogP contribution is -2.06. The van der Waals surface area contributed by atoms with Crippen molar-refractivity contribution in [2.24, 2.45) is 11.5 Å². The van der Waals surface area contributed by atoms with Crippen molar-refractivity contribution in [3.05, 3.63) is 34.9 Å². The van der Waals surface area contributed by atoms with Crippen LogP contribution in [0.1, 0.15) is 23.6 Å². The van der Waals surface area contributed by atoms with Gasteiger partial charge in [0.05, 0.1) is 0 Å². The van der Waals surface area contributed by atoms with Crippen LogP contribution in [0.25, 0.3) is 0 Å². The minimum Gasteiger partial charge on any atom is -0.326 e. The first kappa shape index (κ1) is 9.23. The summed E-state index contributed by atoms with van der Waals surface area (Å²) in [5, 5.41) is 0. The highest BCUT2D eigenvalue weighted by Crippen LogP contribution is 2.11. The van der Waals surface area contributed by atoms with Gasteiger partial charge in [-0.25, -0.2) is 0 Å². The van der Waals surface area contributed by atoms with Crippen LogP contribution >= 0.6 is 0 Å². The highest BCUT2D eigenvalue weighted by Gasteiger charge is 1.99. The van der Waals surface area contributed by atoms with Crippen LogP contribution in [0.4, 0.5) is 0 Å². The highest BCUT2D eigenvalue weighted by molar-refractivity contribution is 5.31. The first-order valence-electron chi connectivity index (χ1n) is 4.32. The number of nitrogens with two attached hydrogens (primary N) is 2. The molecule has 0 amide bonds. The summed E-state index contributed by atoms with van der Waals surface area (Å²) in [4.78, 5) is 0. The van der Waals surface area contributed by atoms with Gasteiger partial charge in [-0.3, -0.25) is 0 Å². The molecule has 2 heteroatoms. The molecule has 0 saturated heterocycles. The average Bonchev–Trinajstić information content (AvgIpc) is 2.16. The number of hydrogen-bond acceptors (Lipinski definition) is 2. The van der Waals surface area contributed by atoms with E-state index in [1.165, 1.54) is 11.1 Å². The van der Waals surface area contributed by atoms with Crippen molar-refractivity contribution in [1.82, 2.24) is 0 Å². The summed E-state index contributed by atoms with van der Waals surface area (Å²) in [5.41, 5.74) is 14.8. The van der Waals surface area contributed by atoms with Gasteiger partial charge in [0, 0.05) is 13.1 Å². The molecule has 2 nitrogen and oxygen atoms in total. The molecule has 0 aliphatic heterocycles. The Bertz CT molecular complexity index is 256. The van der Waals surface area contributed by atoms with Crippen LogP contribution in [0.2, 0.25) is 0 Å². The van der Waals surface area contributed by atoms with Gasteiger partial charge in [-0.1, -0.05) is 25.1 Å². The van der Waals surface area contributed by atoms with E-state index in [1.807, 2.05) is 0 Å². The van der Waals surface area contributed by atoms with Gasteiger partial charge in [-0.15, -0.1) is 0 Å². The van der Waals surface area contributed by atoms with E-state index in [0.717, 1.165) is 12.0 Å². The molecular formula is C10H16N2. The molecule has 0 saturated carbocycles. The number of hydrogen-bond donors (Lipinski definition) is 2. The molecule has 12 heavy (non-hydrogen) atoms. The van der Waals surface area contributed by atoms with Gasteiger partial charge in [0.1, 0.15) is 0 Å². The molecule has 1 aromatic rings. The number of rotatable bonds is 3. The minimum absolute atomic E-state index is 0.580. The molecule has 0 unspecified atom stereocenters. The van der Waals surface area contributed by atoms with Crippen molar-refractivity contribution in [1.29, 1.82) is 0 Å². The second kappa shape index (κ2) is 4.24. The Kier molecular flexibility index (Phi) is 3.26. The molecule has 0 bridgehead atoms. The maximum Gasteiger partial charge on any atom is 0.0181 e. The molecule has 66 valence electrons. The maximum absolute atomic E-state index is 5.59. The summed E-state index contributed by atoms with van der Waals surface area (Å²) in [6, 6.07) is 6.32. The van der Waals surface area contributed by atoms with Crippen molar-refractivity contribution < 1.29 is 0 Å². The largest absolute Gasteiger partial charge is 0.326 e. The molecule has 0 radical (unpaired) electrons. The third-order valence-corrected chi connectivity index (χ3v) is 2.12. The van der Waals surface area contributed by atoms with E-state index in [0.29, 0.717) is 13.1 Å². The molecule has 1 rings (SSSR count). The van der Waals surface area contributed by atoms with Gasteiger partial charge in [-0.05, 0) is 23.1 Å². The lowest BCUT2D eigenvalue weighted by molar-refractivity contribution is 0.967. The molecule has 0 fully saturated rings. The van der Waals surface area contributed by atoms with E-state index in [2.05, 4.69) is 25.1 Å². The third kappa shape index (κ3) is 1.84. The first-order chi connectivity index (χ1) is 5.81. The fraction of sp³-hybridized carbons (Fsp3) is 0.400. The predicted octanol–water partition coefficient (Wildman–Crippen LogP) is 1.17. The van der Waals surface area contributed by atoms with Gasteiger partial charge >= 0.3 is 0 Å². The van der Waals surface area contributed by atoms with Crippen LogP contribution < -0.4 is 11.5 Å². The second-order valence-corrected chi connectivity index (χ2v) is 2.86. The lowest BCUT2D eigenvalue weighted by atomic mass is 10.0. The van der Waals surface area contributed by atoms with E-state index in [-0.39, 0.29) is 0 Å². The quantitative estimate of drug-likeness (QED) is 0.704. The van der Waals surface area contributed by atoms with Crippen LogP contribution in [0, 0.1) is 0 Å². The van der Waals surface area contributed by atoms with E-state index >= 15 is 0 Å². The van der Waals surface area contributed by atoms with Gasteiger partial charge < -0.3 is 11.5 Å². The summed E-state index contributed by atoms with van der Waals surface area (Å²) in [6.45, 7) is 3.30. The third-order valence-electron chi connectivity index (χ3n) is 2.12. The van der Waals surface area contributed by atoms with Crippen LogP contribution in [-0.2, 0) is 19.5 Å². The Morgan fingerprint density at radius 3 is 2.25 bits per heavy atom. The SMILES string of the molecule is CCc1ccc(CN)c(CN)c1. The minimum atomic E-state index is 0.580. The van der Waals surface area contributed by atoms with Crippen LogP contribution in [0.3, 0.4) is 0 Å². The molecule has 0 aliphatic carbocycles. The van der Waals surface area contributed by atoms with Crippen LogP contribution in [0.15, 0.2) is 18.2 Å². The number of aryl methyl sites for hydroxylation is 1. The van der Waals surface area contributed by atoms with Crippen molar-refractivity contribution in [2.75, 3.05) is 0 Å². The summed E-state index contributed by atoms with van der Waals surface area (Å²) in [6.07, 6.45) is 1.05. The Morgan fingerprint density at radius 1 is 1.08 bits per heavy atom. The normalized spacial score (nSPS) is 10.2. The fourth-order valence-corrected chi connectivity index (χ4v) is 1.29. The molecule has 0 heterocycles. The summed E-state index contributed by atoms with van der Waals surface area (Å²) in [7, 11) is 0. The van der Waals surface area contributed by atoms with Crippen LogP contribution in [0.5, 0.6) is 0 Å². The first-order valence-corrected chi connectivity index (χ1v) is 4.32. The predicted molar refractivity (Wildman–Crippen MR) is 51.6 cm³/mol. The van der Waals surface area contributed by atoms with Gasteiger partial charge in [0.15, 0.2) is 0 Å². The smallest absolute Gasteiger partial charge is 0.0181 e. The molecule has 0 atom stereocenters. The van der Waals surface area contributed by atoms with Crippen molar-refractivity contribution in [3.8, 4) is 0 Å². The zero-order chi connectivity index (χ0) is 8.97. The lowest BCUT2D eigenvalue weighted by Gasteiger charge is -2.06. The zero-order valence-electron chi connectivity index (χ0n) is 7.51. The average molecular weight is 164 g/mol. The van der Waals surface area contributed by atoms with Crippen molar-refractivity contribution in [3.63, 3.8) is 0 Å². The van der Waals surface area contributed by atoms with E-state index in [4.69, 9.17) is 11.5 Å². The Morgan fingerprint density at radius 2 is 1.75 bits per heavy atom. The van der Waals surface area contributed by atoms with Gasteiger partial charge in [0.25, 0.3) is 0 Å². The molecule has 0 spiro atoms. The molecule has 0 aliphatic rings. The Balaban J connectivity index is 3.02. The second-order valence-electron chi connectivity index (χ2n) is 2.86. The van der Waals surface area contributed by atoms with Crippen LogP contribution in [-0.4, -0.2) is 0 Å². The van der Waals surface area contributed by atoms with E-state index in [9.17, 15) is 0 Å². The zero-order valence-corrected chi connectivity index (χ0v) is 7.51.